The van der Waals surface area contributed by atoms with Gasteiger partial charge in [0.05, 0.1) is 0 Å². The summed E-state index contributed by atoms with van der Waals surface area (Å²) in [6, 6.07) is 17.2. The highest BCUT2D eigenvalue weighted by Gasteiger charge is 2.58. The van der Waals surface area contributed by atoms with Crippen LogP contribution in [0.5, 0.6) is 0 Å². The predicted molar refractivity (Wildman–Crippen MR) is 146 cm³/mol. The number of fused-ring (bicyclic) bond motifs is 1. The lowest BCUT2D eigenvalue weighted by molar-refractivity contribution is -0.135. The summed E-state index contributed by atoms with van der Waals surface area (Å²) < 4.78 is 13.6. The first-order valence-electron chi connectivity index (χ1n) is 13.8. The van der Waals surface area contributed by atoms with E-state index >= 15 is 0 Å². The van der Waals surface area contributed by atoms with Crippen LogP contribution in [0, 0.1) is 24.1 Å². The first kappa shape index (κ1) is 23.6. The smallest absolute Gasteiger partial charge is 0.256 e. The van der Waals surface area contributed by atoms with Gasteiger partial charge in [0.25, 0.3) is 5.91 Å². The third-order valence-corrected chi connectivity index (χ3v) is 9.08. The number of benzene rings is 3. The maximum absolute atomic E-state index is 13.6. The molecule has 0 radical (unpaired) electrons. The van der Waals surface area contributed by atoms with Crippen molar-refractivity contribution in [1.82, 2.24) is 9.80 Å². The van der Waals surface area contributed by atoms with E-state index in [1.54, 1.807) is 6.07 Å². The van der Waals surface area contributed by atoms with E-state index in [1.807, 2.05) is 28.0 Å². The van der Waals surface area contributed by atoms with Gasteiger partial charge >= 0.3 is 0 Å². The zero-order chi connectivity index (χ0) is 26.2. The number of rotatable bonds is 5. The van der Waals surface area contributed by atoms with Gasteiger partial charge in [0.1, 0.15) is 17.2 Å². The van der Waals surface area contributed by atoms with Crippen LogP contribution in [-0.4, -0.2) is 52.6 Å². The Hall–Kier alpha value is -3.54. The molecule has 1 saturated heterocycles. The van der Waals surface area contributed by atoms with Crippen molar-refractivity contribution in [2.75, 3.05) is 19.6 Å². The van der Waals surface area contributed by atoms with Crippen LogP contribution in [0.15, 0.2) is 59.6 Å². The van der Waals surface area contributed by atoms with Crippen LogP contribution < -0.4 is 0 Å². The molecule has 4 aliphatic rings. The van der Waals surface area contributed by atoms with Gasteiger partial charge in [0.15, 0.2) is 0 Å². The molecule has 3 aromatic rings. The molecular formula is C32H32FN3O2. The molecule has 1 spiro atoms. The van der Waals surface area contributed by atoms with Crippen LogP contribution in [0.1, 0.15) is 50.2 Å². The SMILES string of the molecule is Cc1cc(-c2ccc3cc(F)ccc3c2)ccc1C1=NC2(CC2)C(=O)N1C[C@@H]1CCN(C(=O)C2(C)CC2)C1. The van der Waals surface area contributed by atoms with Gasteiger partial charge in [-0.1, -0.05) is 43.3 Å². The standard InChI is InChI=1S/C32H32FN3O2/c1-20-15-22(23-3-4-25-17-26(33)7-5-24(25)16-23)6-8-27(20)28-34-32(12-13-32)30(38)36(28)19-21-9-14-35(18-21)29(37)31(2)10-11-31/h3-8,15-17,21H,9-14,18-19H2,1-2H3/t21-/m1/s1. The second kappa shape index (κ2) is 8.23. The van der Waals surface area contributed by atoms with Crippen molar-refractivity contribution in [2.45, 2.75) is 51.5 Å². The third kappa shape index (κ3) is 3.84. The van der Waals surface area contributed by atoms with Crippen LogP contribution in [-0.2, 0) is 9.59 Å². The fourth-order valence-corrected chi connectivity index (χ4v) is 6.18. The maximum atomic E-state index is 13.6. The molecule has 2 heterocycles. The summed E-state index contributed by atoms with van der Waals surface area (Å²) in [4.78, 5) is 35.3. The molecule has 2 amide bonds. The number of amides is 2. The Morgan fingerprint density at radius 1 is 1.00 bits per heavy atom. The van der Waals surface area contributed by atoms with Gasteiger partial charge in [-0.3, -0.25) is 19.5 Å². The van der Waals surface area contributed by atoms with E-state index in [9.17, 15) is 14.0 Å². The average Bonchev–Trinajstić information content (AvgIpc) is 3.79. The minimum atomic E-state index is -0.566. The molecule has 5 nitrogen and oxygen atoms in total. The molecule has 194 valence electrons. The van der Waals surface area contributed by atoms with E-state index < -0.39 is 5.54 Å². The van der Waals surface area contributed by atoms with Crippen molar-refractivity contribution in [3.63, 3.8) is 0 Å². The van der Waals surface area contributed by atoms with Crippen molar-refractivity contribution in [3.05, 3.63) is 71.5 Å². The quantitative estimate of drug-likeness (QED) is 0.442. The normalized spacial score (nSPS) is 22.9. The van der Waals surface area contributed by atoms with Gasteiger partial charge in [-0.25, -0.2) is 4.39 Å². The fraction of sp³-hybridized carbons (Fsp3) is 0.406. The lowest BCUT2D eigenvalue weighted by Gasteiger charge is -2.25. The summed E-state index contributed by atoms with van der Waals surface area (Å²) in [6.45, 7) is 6.26. The van der Waals surface area contributed by atoms with Crippen LogP contribution in [0.25, 0.3) is 21.9 Å². The van der Waals surface area contributed by atoms with Crippen LogP contribution in [0.2, 0.25) is 0 Å². The molecule has 2 aliphatic heterocycles. The Labute approximate surface area is 222 Å². The van der Waals surface area contributed by atoms with Crippen molar-refractivity contribution in [3.8, 4) is 11.1 Å². The number of carbonyl (C=O) groups excluding carboxylic acids is 2. The lowest BCUT2D eigenvalue weighted by Crippen LogP contribution is -2.41. The number of hydrogen-bond donors (Lipinski definition) is 0. The highest BCUT2D eigenvalue weighted by Crippen LogP contribution is 2.48. The Morgan fingerprint density at radius 2 is 1.71 bits per heavy atom. The first-order valence-corrected chi connectivity index (χ1v) is 13.8. The third-order valence-electron chi connectivity index (χ3n) is 9.08. The van der Waals surface area contributed by atoms with Gasteiger partial charge in [0, 0.05) is 30.6 Å². The molecule has 2 aliphatic carbocycles. The molecule has 0 aromatic heterocycles. The van der Waals surface area contributed by atoms with Gasteiger partial charge in [-0.2, -0.15) is 0 Å². The summed E-state index contributed by atoms with van der Waals surface area (Å²) in [5.41, 5.74) is 3.49. The fourth-order valence-electron chi connectivity index (χ4n) is 6.18. The second-order valence-corrected chi connectivity index (χ2v) is 12.1. The van der Waals surface area contributed by atoms with E-state index in [-0.39, 0.29) is 29.0 Å². The van der Waals surface area contributed by atoms with E-state index in [4.69, 9.17) is 4.99 Å². The zero-order valence-electron chi connectivity index (χ0n) is 22.0. The zero-order valence-corrected chi connectivity index (χ0v) is 22.0. The molecule has 38 heavy (non-hydrogen) atoms. The lowest BCUT2D eigenvalue weighted by atomic mass is 9.97. The van der Waals surface area contributed by atoms with Crippen molar-refractivity contribution < 1.29 is 14.0 Å². The highest BCUT2D eigenvalue weighted by molar-refractivity contribution is 6.17. The van der Waals surface area contributed by atoms with Crippen molar-refractivity contribution in [1.29, 1.82) is 0 Å². The number of aryl methyl sites for hydroxylation is 1. The number of likely N-dealkylation sites (tertiary alicyclic amines) is 1. The largest absolute Gasteiger partial charge is 0.342 e. The van der Waals surface area contributed by atoms with Crippen LogP contribution in [0.3, 0.4) is 0 Å². The molecule has 0 unspecified atom stereocenters. The number of carbonyl (C=O) groups is 2. The maximum Gasteiger partial charge on any atom is 0.256 e. The number of hydrogen-bond acceptors (Lipinski definition) is 3. The molecule has 3 fully saturated rings. The average molecular weight is 510 g/mol. The number of amidine groups is 1. The van der Waals surface area contributed by atoms with E-state index in [0.29, 0.717) is 6.54 Å². The van der Waals surface area contributed by atoms with Gasteiger partial charge in [-0.05, 0) is 90.6 Å². The van der Waals surface area contributed by atoms with E-state index in [0.717, 1.165) is 84.1 Å². The van der Waals surface area contributed by atoms with E-state index in [2.05, 4.69) is 38.1 Å². The van der Waals surface area contributed by atoms with Crippen molar-refractivity contribution in [2.24, 2.45) is 16.3 Å². The topological polar surface area (TPSA) is 53.0 Å². The Morgan fingerprint density at radius 3 is 2.45 bits per heavy atom. The Kier molecular flexibility index (Phi) is 5.10. The van der Waals surface area contributed by atoms with Gasteiger partial charge in [0.2, 0.25) is 5.91 Å². The molecule has 3 aromatic carbocycles. The van der Waals surface area contributed by atoms with Crippen LogP contribution >= 0.6 is 0 Å². The first-order chi connectivity index (χ1) is 18.2. The molecule has 1 atom stereocenters. The highest BCUT2D eigenvalue weighted by atomic mass is 19.1. The summed E-state index contributed by atoms with van der Waals surface area (Å²) in [5, 5.41) is 1.88. The summed E-state index contributed by atoms with van der Waals surface area (Å²) in [5.74, 6) is 1.22. The number of aliphatic imine (C=N–C) groups is 1. The molecule has 6 heteroatoms. The monoisotopic (exact) mass is 509 g/mol. The predicted octanol–water partition coefficient (Wildman–Crippen LogP) is 5.72. The summed E-state index contributed by atoms with van der Waals surface area (Å²) >= 11 is 0. The Balaban J connectivity index is 1.14. The summed E-state index contributed by atoms with van der Waals surface area (Å²) in [7, 11) is 0. The number of halogens is 1. The summed E-state index contributed by atoms with van der Waals surface area (Å²) in [6.07, 6.45) is 4.53. The molecule has 7 rings (SSSR count). The molecule has 0 bridgehead atoms. The molecule has 2 saturated carbocycles. The Bertz CT molecular complexity index is 1530. The molecular weight excluding hydrogens is 477 g/mol. The number of nitrogens with zero attached hydrogens (tertiary/aromatic N) is 3. The van der Waals surface area contributed by atoms with Gasteiger partial charge in [-0.15, -0.1) is 0 Å². The molecule has 0 N–H and O–H groups in total. The van der Waals surface area contributed by atoms with Gasteiger partial charge < -0.3 is 4.90 Å². The minimum absolute atomic E-state index is 0.122. The second-order valence-electron chi connectivity index (χ2n) is 12.1. The van der Waals surface area contributed by atoms with E-state index in [1.165, 1.54) is 6.07 Å². The minimum Gasteiger partial charge on any atom is -0.342 e. The van der Waals surface area contributed by atoms with Crippen LogP contribution in [0.4, 0.5) is 4.39 Å². The van der Waals surface area contributed by atoms with Crippen molar-refractivity contribution >= 4 is 28.4 Å².